The zero-order valence-corrected chi connectivity index (χ0v) is 9.63. The maximum atomic E-state index is 11.8. The summed E-state index contributed by atoms with van der Waals surface area (Å²) in [5.41, 5.74) is 2.42. The number of piperazine rings is 1. The summed E-state index contributed by atoms with van der Waals surface area (Å²) in [4.78, 5) is 13.7. The second-order valence-corrected chi connectivity index (χ2v) is 4.70. The third-order valence-corrected chi connectivity index (χ3v) is 3.78. The average Bonchev–Trinajstić information content (AvgIpc) is 2.30. The van der Waals surface area contributed by atoms with Crippen LogP contribution in [0.25, 0.3) is 0 Å². The number of nitrogens with one attached hydrogen (secondary N) is 1. The predicted octanol–water partition coefficient (Wildman–Crippen LogP) is 1.37. The summed E-state index contributed by atoms with van der Waals surface area (Å²) in [6.07, 6.45) is 0.872. The van der Waals surface area contributed by atoms with Gasteiger partial charge >= 0.3 is 0 Å². The van der Waals surface area contributed by atoms with Gasteiger partial charge in [0.25, 0.3) is 0 Å². The van der Waals surface area contributed by atoms with E-state index in [0.717, 1.165) is 24.5 Å². The minimum absolute atomic E-state index is 0.170. The third kappa shape index (κ3) is 1.43. The molecule has 84 valence electrons. The molecule has 1 unspecified atom stereocenters. The number of rotatable bonds is 0. The molecule has 1 amide bonds. The lowest BCUT2D eigenvalue weighted by atomic mass is 9.91. The molecule has 1 saturated heterocycles. The molecule has 1 N–H and O–H groups in total. The Labute approximate surface area is 99.4 Å². The lowest BCUT2D eigenvalue weighted by molar-refractivity contribution is -0.135. The molecule has 3 nitrogen and oxygen atoms in total. The summed E-state index contributed by atoms with van der Waals surface area (Å²) in [5.74, 6) is 0.196. The Kier molecular flexibility index (Phi) is 2.37. The van der Waals surface area contributed by atoms with Crippen LogP contribution in [0.2, 0.25) is 5.02 Å². The van der Waals surface area contributed by atoms with Crippen molar-refractivity contribution in [2.75, 3.05) is 19.6 Å². The standard InChI is InChI=1S/C12H13ClN2O/c13-10-3-1-2-9-8(10)4-5-15-11(9)6-14-7-12(15)16/h1-3,11,14H,4-7H2. The molecule has 1 atom stereocenters. The summed E-state index contributed by atoms with van der Waals surface area (Å²) in [7, 11) is 0. The van der Waals surface area contributed by atoms with Gasteiger partial charge in [-0.1, -0.05) is 23.7 Å². The Morgan fingerprint density at radius 1 is 1.44 bits per heavy atom. The largest absolute Gasteiger partial charge is 0.333 e. The second-order valence-electron chi connectivity index (χ2n) is 4.29. The van der Waals surface area contributed by atoms with E-state index in [0.29, 0.717) is 6.54 Å². The molecule has 2 heterocycles. The molecule has 1 aromatic carbocycles. The molecule has 3 rings (SSSR count). The number of hydrogen-bond acceptors (Lipinski definition) is 2. The molecule has 0 aliphatic carbocycles. The van der Waals surface area contributed by atoms with Crippen LogP contribution in [0.4, 0.5) is 0 Å². The number of amides is 1. The summed E-state index contributed by atoms with van der Waals surface area (Å²) >= 11 is 6.19. The van der Waals surface area contributed by atoms with Gasteiger partial charge in [-0.2, -0.15) is 0 Å². The van der Waals surface area contributed by atoms with Crippen LogP contribution in [0.3, 0.4) is 0 Å². The number of carbonyl (C=O) groups is 1. The van der Waals surface area contributed by atoms with Gasteiger partial charge in [0.1, 0.15) is 0 Å². The highest BCUT2D eigenvalue weighted by atomic mass is 35.5. The van der Waals surface area contributed by atoms with Gasteiger partial charge in [-0.25, -0.2) is 0 Å². The van der Waals surface area contributed by atoms with Crippen molar-refractivity contribution in [2.45, 2.75) is 12.5 Å². The highest BCUT2D eigenvalue weighted by molar-refractivity contribution is 6.31. The van der Waals surface area contributed by atoms with E-state index >= 15 is 0 Å². The van der Waals surface area contributed by atoms with Crippen molar-refractivity contribution in [1.82, 2.24) is 10.2 Å². The van der Waals surface area contributed by atoms with Crippen LogP contribution in [0.15, 0.2) is 18.2 Å². The van der Waals surface area contributed by atoms with E-state index < -0.39 is 0 Å². The minimum atomic E-state index is 0.170. The number of nitrogens with zero attached hydrogens (tertiary/aromatic N) is 1. The van der Waals surface area contributed by atoms with Crippen LogP contribution in [0, 0.1) is 0 Å². The molecule has 0 bridgehead atoms. The van der Waals surface area contributed by atoms with Gasteiger partial charge < -0.3 is 10.2 Å². The van der Waals surface area contributed by atoms with Crippen molar-refractivity contribution in [1.29, 1.82) is 0 Å². The van der Waals surface area contributed by atoms with Gasteiger partial charge in [0.15, 0.2) is 0 Å². The monoisotopic (exact) mass is 236 g/mol. The zero-order valence-electron chi connectivity index (χ0n) is 8.87. The van der Waals surface area contributed by atoms with Crippen molar-refractivity contribution in [3.05, 3.63) is 34.3 Å². The van der Waals surface area contributed by atoms with Crippen LogP contribution >= 0.6 is 11.6 Å². The van der Waals surface area contributed by atoms with Gasteiger partial charge in [0.2, 0.25) is 5.91 Å². The molecule has 4 heteroatoms. The summed E-state index contributed by atoms with van der Waals surface area (Å²) in [5, 5.41) is 3.99. The summed E-state index contributed by atoms with van der Waals surface area (Å²) in [6.45, 7) is 2.09. The molecule has 16 heavy (non-hydrogen) atoms. The first-order valence-electron chi connectivity index (χ1n) is 5.55. The highest BCUT2D eigenvalue weighted by Crippen LogP contribution is 2.34. The number of fused-ring (bicyclic) bond motifs is 3. The maximum Gasteiger partial charge on any atom is 0.237 e. The third-order valence-electron chi connectivity index (χ3n) is 3.43. The van der Waals surface area contributed by atoms with E-state index in [9.17, 15) is 4.79 Å². The fraction of sp³-hybridized carbons (Fsp3) is 0.417. The molecular weight excluding hydrogens is 224 g/mol. The summed E-state index contributed by atoms with van der Waals surface area (Å²) < 4.78 is 0. The van der Waals surface area contributed by atoms with Crippen molar-refractivity contribution in [2.24, 2.45) is 0 Å². The summed E-state index contributed by atoms with van der Waals surface area (Å²) in [6, 6.07) is 6.14. The Hall–Kier alpha value is -1.06. The van der Waals surface area contributed by atoms with E-state index in [1.165, 1.54) is 11.1 Å². The fourth-order valence-corrected chi connectivity index (χ4v) is 2.92. The van der Waals surface area contributed by atoms with Gasteiger partial charge in [0.05, 0.1) is 12.6 Å². The number of carbonyl (C=O) groups excluding carboxylic acids is 1. The Morgan fingerprint density at radius 3 is 3.19 bits per heavy atom. The highest BCUT2D eigenvalue weighted by Gasteiger charge is 2.33. The topological polar surface area (TPSA) is 32.3 Å². The van der Waals surface area contributed by atoms with Crippen molar-refractivity contribution in [3.63, 3.8) is 0 Å². The molecule has 1 fully saturated rings. The molecule has 2 aliphatic rings. The number of hydrogen-bond donors (Lipinski definition) is 1. The SMILES string of the molecule is O=C1CNCC2c3cccc(Cl)c3CCN12. The van der Waals surface area contributed by atoms with E-state index in [1.807, 2.05) is 17.0 Å². The van der Waals surface area contributed by atoms with Crippen LogP contribution in [0.1, 0.15) is 17.2 Å². The first kappa shape index (κ1) is 10.1. The van der Waals surface area contributed by atoms with Crippen LogP contribution in [-0.2, 0) is 11.2 Å². The van der Waals surface area contributed by atoms with E-state index in [1.54, 1.807) is 0 Å². The van der Waals surface area contributed by atoms with Crippen LogP contribution in [-0.4, -0.2) is 30.4 Å². The lowest BCUT2D eigenvalue weighted by Gasteiger charge is -2.41. The molecule has 1 aromatic rings. The molecule has 0 radical (unpaired) electrons. The molecule has 0 spiro atoms. The number of benzene rings is 1. The maximum absolute atomic E-state index is 11.8. The van der Waals surface area contributed by atoms with Gasteiger partial charge in [0, 0.05) is 18.1 Å². The van der Waals surface area contributed by atoms with Crippen LogP contribution < -0.4 is 5.32 Å². The Morgan fingerprint density at radius 2 is 2.31 bits per heavy atom. The van der Waals surface area contributed by atoms with Gasteiger partial charge in [-0.15, -0.1) is 0 Å². The van der Waals surface area contributed by atoms with Crippen molar-refractivity contribution >= 4 is 17.5 Å². The van der Waals surface area contributed by atoms with Gasteiger partial charge in [-0.3, -0.25) is 4.79 Å². The number of halogens is 1. The minimum Gasteiger partial charge on any atom is -0.333 e. The normalized spacial score (nSPS) is 23.9. The van der Waals surface area contributed by atoms with Crippen molar-refractivity contribution < 1.29 is 4.79 Å². The Balaban J connectivity index is 2.06. The van der Waals surface area contributed by atoms with E-state index in [4.69, 9.17) is 11.6 Å². The first-order valence-corrected chi connectivity index (χ1v) is 5.92. The van der Waals surface area contributed by atoms with Crippen molar-refractivity contribution in [3.8, 4) is 0 Å². The van der Waals surface area contributed by atoms with E-state index in [-0.39, 0.29) is 11.9 Å². The molecular formula is C12H13ClN2O. The molecule has 2 aliphatic heterocycles. The fourth-order valence-electron chi connectivity index (χ4n) is 2.64. The van der Waals surface area contributed by atoms with Gasteiger partial charge in [-0.05, 0) is 23.6 Å². The lowest BCUT2D eigenvalue weighted by Crippen LogP contribution is -2.52. The Bertz CT molecular complexity index is 447. The first-order chi connectivity index (χ1) is 7.77. The molecule has 0 aromatic heterocycles. The predicted molar refractivity (Wildman–Crippen MR) is 62.5 cm³/mol. The van der Waals surface area contributed by atoms with Crippen LogP contribution in [0.5, 0.6) is 0 Å². The second kappa shape index (κ2) is 3.75. The molecule has 0 saturated carbocycles. The quantitative estimate of drug-likeness (QED) is 0.738. The smallest absolute Gasteiger partial charge is 0.237 e. The average molecular weight is 237 g/mol. The zero-order chi connectivity index (χ0) is 11.1. The van der Waals surface area contributed by atoms with E-state index in [2.05, 4.69) is 11.4 Å².